The molecule has 0 aromatic carbocycles. The van der Waals surface area contributed by atoms with Crippen LogP contribution >= 0.6 is 0 Å². The Balaban J connectivity index is 2.56. The molecular weight excluding hydrogens is 228 g/mol. The van der Waals surface area contributed by atoms with E-state index in [1.54, 1.807) is 0 Å². The van der Waals surface area contributed by atoms with E-state index in [4.69, 9.17) is 5.84 Å². The second-order valence-electron chi connectivity index (χ2n) is 6.01. The van der Waals surface area contributed by atoms with Crippen LogP contribution < -0.4 is 11.3 Å². The van der Waals surface area contributed by atoms with Gasteiger partial charge in [0.2, 0.25) is 0 Å². The van der Waals surface area contributed by atoms with Gasteiger partial charge in [-0.05, 0) is 27.2 Å². The van der Waals surface area contributed by atoms with Crippen LogP contribution in [0.15, 0.2) is 0 Å². The Labute approximate surface area is 111 Å². The molecule has 1 aliphatic heterocycles. The lowest BCUT2D eigenvalue weighted by molar-refractivity contribution is -0.127. The van der Waals surface area contributed by atoms with E-state index in [2.05, 4.69) is 42.9 Å². The molecule has 5 heteroatoms. The molecule has 1 heterocycles. The summed E-state index contributed by atoms with van der Waals surface area (Å²) in [5.74, 6) is 5.22. The lowest BCUT2D eigenvalue weighted by Crippen LogP contribution is -2.58. The highest BCUT2D eigenvalue weighted by Gasteiger charge is 2.31. The Kier molecular flexibility index (Phi) is 5.56. The van der Waals surface area contributed by atoms with Gasteiger partial charge in [-0.3, -0.25) is 20.0 Å². The summed E-state index contributed by atoms with van der Waals surface area (Å²) in [6, 6.07) is -0.0675. The highest BCUT2D eigenvalue weighted by atomic mass is 16.2. The lowest BCUT2D eigenvalue weighted by Gasteiger charge is -2.44. The van der Waals surface area contributed by atoms with Gasteiger partial charge in [-0.15, -0.1) is 0 Å². The summed E-state index contributed by atoms with van der Waals surface area (Å²) >= 11 is 0. The third kappa shape index (κ3) is 3.93. The molecule has 1 aliphatic rings. The van der Waals surface area contributed by atoms with Gasteiger partial charge in [0, 0.05) is 31.7 Å². The Morgan fingerprint density at radius 3 is 2.22 bits per heavy atom. The first-order valence-electron chi connectivity index (χ1n) is 6.89. The molecule has 18 heavy (non-hydrogen) atoms. The minimum absolute atomic E-state index is 0.0546. The number of nitrogens with one attached hydrogen (secondary N) is 1. The van der Waals surface area contributed by atoms with Crippen molar-refractivity contribution in [3.63, 3.8) is 0 Å². The van der Waals surface area contributed by atoms with Gasteiger partial charge in [0.25, 0.3) is 5.91 Å². The second kappa shape index (κ2) is 6.50. The van der Waals surface area contributed by atoms with Crippen molar-refractivity contribution in [1.82, 2.24) is 15.2 Å². The van der Waals surface area contributed by atoms with Crippen LogP contribution in [-0.2, 0) is 4.79 Å². The van der Waals surface area contributed by atoms with Gasteiger partial charge >= 0.3 is 0 Å². The maximum Gasteiger partial charge on any atom is 0.251 e. The molecule has 1 atom stereocenters. The molecule has 1 saturated heterocycles. The molecular formula is C13H28N4O. The number of hydrogen-bond donors (Lipinski definition) is 2. The first-order valence-corrected chi connectivity index (χ1v) is 6.89. The van der Waals surface area contributed by atoms with E-state index >= 15 is 0 Å². The number of piperazine rings is 1. The summed E-state index contributed by atoms with van der Waals surface area (Å²) in [5, 5.41) is 0. The summed E-state index contributed by atoms with van der Waals surface area (Å²) in [6.45, 7) is 12.7. The average Bonchev–Trinajstić information content (AvgIpc) is 2.34. The van der Waals surface area contributed by atoms with Gasteiger partial charge in [-0.25, -0.2) is 5.84 Å². The monoisotopic (exact) mass is 256 g/mol. The summed E-state index contributed by atoms with van der Waals surface area (Å²) in [7, 11) is 0. The molecule has 3 N–H and O–H groups in total. The highest BCUT2D eigenvalue weighted by molar-refractivity contribution is 5.81. The smallest absolute Gasteiger partial charge is 0.251 e. The summed E-state index contributed by atoms with van der Waals surface area (Å²) in [4.78, 5) is 16.5. The van der Waals surface area contributed by atoms with Crippen molar-refractivity contribution in [1.29, 1.82) is 0 Å². The first-order chi connectivity index (χ1) is 8.40. The van der Waals surface area contributed by atoms with Crippen molar-refractivity contribution in [2.45, 2.75) is 52.1 Å². The van der Waals surface area contributed by atoms with Crippen molar-refractivity contribution in [2.24, 2.45) is 5.84 Å². The number of nitrogens with two attached hydrogens (primary N) is 1. The average molecular weight is 256 g/mol. The standard InChI is InChI=1S/C13H28N4O/c1-5-6-11(12(18)15-14)16-7-9-17(10-8-16)13(2,3)4/h11H,5-10,14H2,1-4H3,(H,15,18). The van der Waals surface area contributed by atoms with Gasteiger partial charge in [-0.2, -0.15) is 0 Å². The molecule has 0 aliphatic carbocycles. The van der Waals surface area contributed by atoms with Gasteiger partial charge in [-0.1, -0.05) is 13.3 Å². The fraction of sp³-hybridized carbons (Fsp3) is 0.923. The van der Waals surface area contributed by atoms with Crippen LogP contribution in [0.3, 0.4) is 0 Å². The molecule has 0 bridgehead atoms. The van der Waals surface area contributed by atoms with Crippen LogP contribution in [0.25, 0.3) is 0 Å². The SMILES string of the molecule is CCCC(C(=O)NN)N1CCN(C(C)(C)C)CC1. The van der Waals surface area contributed by atoms with Crippen LogP contribution in [0.4, 0.5) is 0 Å². The zero-order valence-corrected chi connectivity index (χ0v) is 12.2. The fourth-order valence-electron chi connectivity index (χ4n) is 2.55. The second-order valence-corrected chi connectivity index (χ2v) is 6.01. The van der Waals surface area contributed by atoms with Crippen LogP contribution in [0.2, 0.25) is 0 Å². The summed E-state index contributed by atoms with van der Waals surface area (Å²) in [5.41, 5.74) is 2.51. The van der Waals surface area contributed by atoms with Crippen molar-refractivity contribution < 1.29 is 4.79 Å². The largest absolute Gasteiger partial charge is 0.296 e. The van der Waals surface area contributed by atoms with Gasteiger partial charge in [0.1, 0.15) is 0 Å². The predicted molar refractivity (Wildman–Crippen MR) is 73.9 cm³/mol. The Bertz CT molecular complexity index is 267. The molecule has 1 amide bonds. The lowest BCUT2D eigenvalue weighted by atomic mass is 10.0. The highest BCUT2D eigenvalue weighted by Crippen LogP contribution is 2.18. The number of carbonyl (C=O) groups is 1. The molecule has 0 radical (unpaired) electrons. The van der Waals surface area contributed by atoms with Crippen LogP contribution in [0.1, 0.15) is 40.5 Å². The number of amides is 1. The third-order valence-corrected chi connectivity index (χ3v) is 3.71. The van der Waals surface area contributed by atoms with Gasteiger partial charge in [0.15, 0.2) is 0 Å². The van der Waals surface area contributed by atoms with E-state index in [1.807, 2.05) is 0 Å². The zero-order chi connectivity index (χ0) is 13.8. The minimum atomic E-state index is -0.0675. The maximum atomic E-state index is 11.8. The Morgan fingerprint density at radius 1 is 1.28 bits per heavy atom. The Hall–Kier alpha value is -0.650. The van der Waals surface area contributed by atoms with E-state index in [-0.39, 0.29) is 17.5 Å². The molecule has 1 rings (SSSR count). The van der Waals surface area contributed by atoms with Crippen LogP contribution in [0, 0.1) is 0 Å². The quantitative estimate of drug-likeness (QED) is 0.438. The van der Waals surface area contributed by atoms with Gasteiger partial charge in [0.05, 0.1) is 6.04 Å². The number of nitrogens with zero attached hydrogens (tertiary/aromatic N) is 2. The fourth-order valence-corrected chi connectivity index (χ4v) is 2.55. The van der Waals surface area contributed by atoms with Gasteiger partial charge < -0.3 is 0 Å². The molecule has 106 valence electrons. The number of hydrogen-bond acceptors (Lipinski definition) is 4. The molecule has 0 saturated carbocycles. The summed E-state index contributed by atoms with van der Waals surface area (Å²) in [6.07, 6.45) is 1.87. The minimum Gasteiger partial charge on any atom is -0.296 e. The number of rotatable bonds is 4. The third-order valence-electron chi connectivity index (χ3n) is 3.71. The molecule has 1 unspecified atom stereocenters. The molecule has 5 nitrogen and oxygen atoms in total. The van der Waals surface area contributed by atoms with E-state index in [9.17, 15) is 4.79 Å². The van der Waals surface area contributed by atoms with Crippen LogP contribution in [0.5, 0.6) is 0 Å². The van der Waals surface area contributed by atoms with E-state index in [1.165, 1.54) is 0 Å². The zero-order valence-electron chi connectivity index (χ0n) is 12.2. The van der Waals surface area contributed by atoms with Crippen molar-refractivity contribution >= 4 is 5.91 Å². The topological polar surface area (TPSA) is 61.6 Å². The Morgan fingerprint density at radius 2 is 1.83 bits per heavy atom. The van der Waals surface area contributed by atoms with E-state index < -0.39 is 0 Å². The predicted octanol–water partition coefficient (Wildman–Crippen LogP) is 0.561. The molecule has 1 fully saturated rings. The van der Waals surface area contributed by atoms with Crippen molar-refractivity contribution in [3.8, 4) is 0 Å². The molecule has 0 aromatic rings. The number of hydrazine groups is 1. The maximum absolute atomic E-state index is 11.8. The van der Waals surface area contributed by atoms with Crippen molar-refractivity contribution in [2.75, 3.05) is 26.2 Å². The van der Waals surface area contributed by atoms with Crippen molar-refractivity contribution in [3.05, 3.63) is 0 Å². The van der Waals surface area contributed by atoms with E-state index in [0.717, 1.165) is 39.0 Å². The first kappa shape index (κ1) is 15.4. The van der Waals surface area contributed by atoms with E-state index in [0.29, 0.717) is 0 Å². The number of carbonyl (C=O) groups excluding carboxylic acids is 1. The van der Waals surface area contributed by atoms with Crippen LogP contribution in [-0.4, -0.2) is 53.5 Å². The molecule has 0 spiro atoms. The normalized spacial score (nSPS) is 20.7. The summed E-state index contributed by atoms with van der Waals surface area (Å²) < 4.78 is 0. The molecule has 0 aromatic heterocycles.